The lowest BCUT2D eigenvalue weighted by atomic mass is 9.87. The summed E-state index contributed by atoms with van der Waals surface area (Å²) in [5.41, 5.74) is 11.1. The summed E-state index contributed by atoms with van der Waals surface area (Å²) < 4.78 is 2.28. The second-order valence-corrected chi connectivity index (χ2v) is 6.69. The lowest BCUT2D eigenvalue weighted by molar-refractivity contribution is 0.329. The first kappa shape index (κ1) is 15.0. The van der Waals surface area contributed by atoms with E-state index in [0.29, 0.717) is 0 Å². The van der Waals surface area contributed by atoms with E-state index in [2.05, 4.69) is 49.4 Å². The molecule has 1 heterocycles. The van der Waals surface area contributed by atoms with Crippen molar-refractivity contribution in [2.24, 2.45) is 11.1 Å². The van der Waals surface area contributed by atoms with Crippen LogP contribution >= 0.6 is 0 Å². The Morgan fingerprint density at radius 3 is 2.55 bits per heavy atom. The van der Waals surface area contributed by atoms with Gasteiger partial charge < -0.3 is 10.3 Å². The predicted molar refractivity (Wildman–Crippen MR) is 85.9 cm³/mol. The Kier molecular flexibility index (Phi) is 4.48. The van der Waals surface area contributed by atoms with Crippen LogP contribution in [-0.4, -0.2) is 16.1 Å². The SMILES string of the molecule is Cc1cc2ncn(CCCCC(C)(C)CN)c2cc1C. The van der Waals surface area contributed by atoms with Crippen LogP contribution < -0.4 is 5.73 Å². The number of fused-ring (bicyclic) bond motifs is 1. The highest BCUT2D eigenvalue weighted by molar-refractivity contribution is 5.77. The van der Waals surface area contributed by atoms with E-state index in [-0.39, 0.29) is 5.41 Å². The van der Waals surface area contributed by atoms with Gasteiger partial charge in [-0.15, -0.1) is 0 Å². The summed E-state index contributed by atoms with van der Waals surface area (Å²) in [7, 11) is 0. The van der Waals surface area contributed by atoms with Gasteiger partial charge in [-0.1, -0.05) is 20.3 Å². The van der Waals surface area contributed by atoms with E-state index in [4.69, 9.17) is 5.73 Å². The number of unbranched alkanes of at least 4 members (excludes halogenated alkanes) is 1. The van der Waals surface area contributed by atoms with Crippen LogP contribution in [0.5, 0.6) is 0 Å². The second kappa shape index (κ2) is 5.96. The molecule has 0 saturated carbocycles. The van der Waals surface area contributed by atoms with Crippen LogP contribution in [0.4, 0.5) is 0 Å². The highest BCUT2D eigenvalue weighted by Crippen LogP contribution is 2.22. The van der Waals surface area contributed by atoms with Crippen LogP contribution in [0.3, 0.4) is 0 Å². The third-order valence-corrected chi connectivity index (χ3v) is 4.29. The molecule has 0 fully saturated rings. The molecule has 0 saturated heterocycles. The number of aryl methyl sites for hydroxylation is 3. The molecule has 3 nitrogen and oxygen atoms in total. The van der Waals surface area contributed by atoms with E-state index in [9.17, 15) is 0 Å². The van der Waals surface area contributed by atoms with Crippen molar-refractivity contribution in [2.45, 2.75) is 53.5 Å². The van der Waals surface area contributed by atoms with Gasteiger partial charge in [0.05, 0.1) is 17.4 Å². The Hall–Kier alpha value is -1.35. The maximum absolute atomic E-state index is 5.77. The molecule has 2 rings (SSSR count). The Labute approximate surface area is 122 Å². The molecule has 0 aliphatic rings. The molecule has 3 heteroatoms. The number of aromatic nitrogens is 2. The van der Waals surface area contributed by atoms with E-state index in [1.54, 1.807) is 0 Å². The average Bonchev–Trinajstić information content (AvgIpc) is 2.78. The number of nitrogens with zero attached hydrogens (tertiary/aromatic N) is 2. The zero-order chi connectivity index (χ0) is 14.8. The normalized spacial score (nSPS) is 12.2. The molecule has 1 aromatic carbocycles. The average molecular weight is 273 g/mol. The molecule has 2 N–H and O–H groups in total. The van der Waals surface area contributed by atoms with Crippen molar-refractivity contribution in [3.63, 3.8) is 0 Å². The van der Waals surface area contributed by atoms with Gasteiger partial charge in [0.15, 0.2) is 0 Å². The Morgan fingerprint density at radius 1 is 1.15 bits per heavy atom. The summed E-state index contributed by atoms with van der Waals surface area (Å²) in [5, 5.41) is 0. The third-order valence-electron chi connectivity index (χ3n) is 4.29. The van der Waals surface area contributed by atoms with E-state index >= 15 is 0 Å². The molecule has 20 heavy (non-hydrogen) atoms. The van der Waals surface area contributed by atoms with E-state index in [0.717, 1.165) is 18.6 Å². The summed E-state index contributed by atoms with van der Waals surface area (Å²) >= 11 is 0. The molecule has 0 atom stereocenters. The smallest absolute Gasteiger partial charge is 0.0958 e. The zero-order valence-corrected chi connectivity index (χ0v) is 13.2. The highest BCUT2D eigenvalue weighted by Gasteiger charge is 2.14. The van der Waals surface area contributed by atoms with Crippen LogP contribution in [0.25, 0.3) is 11.0 Å². The molecule has 110 valence electrons. The van der Waals surface area contributed by atoms with Gasteiger partial charge in [0.25, 0.3) is 0 Å². The summed E-state index contributed by atoms with van der Waals surface area (Å²) in [5.74, 6) is 0. The van der Waals surface area contributed by atoms with Crippen molar-refractivity contribution in [3.05, 3.63) is 29.6 Å². The van der Waals surface area contributed by atoms with Crippen LogP contribution in [-0.2, 0) is 6.54 Å². The molecule has 0 amide bonds. The molecule has 0 aliphatic heterocycles. The fourth-order valence-electron chi connectivity index (χ4n) is 2.48. The first-order chi connectivity index (χ1) is 9.43. The summed E-state index contributed by atoms with van der Waals surface area (Å²) in [4.78, 5) is 4.51. The summed E-state index contributed by atoms with van der Waals surface area (Å²) in [6, 6.07) is 4.43. The number of hydrogen-bond acceptors (Lipinski definition) is 2. The first-order valence-corrected chi connectivity index (χ1v) is 7.55. The molecule has 0 radical (unpaired) electrons. The molecular formula is C17H27N3. The molecule has 1 aromatic heterocycles. The number of nitrogens with two attached hydrogens (primary N) is 1. The zero-order valence-electron chi connectivity index (χ0n) is 13.2. The molecule has 0 spiro atoms. The maximum atomic E-state index is 5.77. The minimum Gasteiger partial charge on any atom is -0.331 e. The fourth-order valence-corrected chi connectivity index (χ4v) is 2.48. The van der Waals surface area contributed by atoms with Crippen molar-refractivity contribution < 1.29 is 0 Å². The molecule has 0 bridgehead atoms. The van der Waals surface area contributed by atoms with Gasteiger partial charge in [-0.25, -0.2) is 4.98 Å². The van der Waals surface area contributed by atoms with Gasteiger partial charge in [-0.05, 0) is 61.9 Å². The standard InChI is InChI=1S/C17H27N3/c1-13-9-15-16(10-14(13)2)20(12-19-15)8-6-5-7-17(3,4)11-18/h9-10,12H,5-8,11,18H2,1-4H3. The highest BCUT2D eigenvalue weighted by atomic mass is 15.0. The van der Waals surface area contributed by atoms with Crippen LogP contribution in [0, 0.1) is 19.3 Å². The first-order valence-electron chi connectivity index (χ1n) is 7.55. The van der Waals surface area contributed by atoms with Crippen molar-refractivity contribution in [1.29, 1.82) is 0 Å². The van der Waals surface area contributed by atoms with E-state index < -0.39 is 0 Å². The van der Waals surface area contributed by atoms with Crippen LogP contribution in [0.15, 0.2) is 18.5 Å². The summed E-state index contributed by atoms with van der Waals surface area (Å²) in [6.45, 7) is 10.6. The van der Waals surface area contributed by atoms with Gasteiger partial charge in [-0.3, -0.25) is 0 Å². The minimum atomic E-state index is 0.269. The minimum absolute atomic E-state index is 0.269. The quantitative estimate of drug-likeness (QED) is 0.813. The lowest BCUT2D eigenvalue weighted by Gasteiger charge is -2.21. The summed E-state index contributed by atoms with van der Waals surface area (Å²) in [6.07, 6.45) is 5.56. The Morgan fingerprint density at radius 2 is 1.85 bits per heavy atom. The number of hydrogen-bond donors (Lipinski definition) is 1. The van der Waals surface area contributed by atoms with Gasteiger partial charge >= 0.3 is 0 Å². The Balaban J connectivity index is 1.99. The topological polar surface area (TPSA) is 43.8 Å². The molecule has 0 unspecified atom stereocenters. The largest absolute Gasteiger partial charge is 0.331 e. The monoisotopic (exact) mass is 273 g/mol. The molecular weight excluding hydrogens is 246 g/mol. The third kappa shape index (κ3) is 3.40. The van der Waals surface area contributed by atoms with E-state index in [1.165, 1.54) is 35.9 Å². The molecule has 2 aromatic rings. The van der Waals surface area contributed by atoms with Crippen molar-refractivity contribution >= 4 is 11.0 Å². The van der Waals surface area contributed by atoms with Gasteiger partial charge in [-0.2, -0.15) is 0 Å². The van der Waals surface area contributed by atoms with E-state index in [1.807, 2.05) is 6.33 Å². The molecule has 0 aliphatic carbocycles. The predicted octanol–water partition coefficient (Wildman–Crippen LogP) is 3.81. The number of imidazole rings is 1. The van der Waals surface area contributed by atoms with Gasteiger partial charge in [0.1, 0.15) is 0 Å². The fraction of sp³-hybridized carbons (Fsp3) is 0.588. The van der Waals surface area contributed by atoms with Crippen molar-refractivity contribution in [2.75, 3.05) is 6.54 Å². The van der Waals surface area contributed by atoms with Crippen LogP contribution in [0.1, 0.15) is 44.2 Å². The van der Waals surface area contributed by atoms with Crippen molar-refractivity contribution in [3.8, 4) is 0 Å². The lowest BCUT2D eigenvalue weighted by Crippen LogP contribution is -2.23. The van der Waals surface area contributed by atoms with Crippen LogP contribution in [0.2, 0.25) is 0 Å². The maximum Gasteiger partial charge on any atom is 0.0958 e. The van der Waals surface area contributed by atoms with Gasteiger partial charge in [0.2, 0.25) is 0 Å². The second-order valence-electron chi connectivity index (χ2n) is 6.69. The Bertz CT molecular complexity index is 581. The number of benzene rings is 1. The van der Waals surface area contributed by atoms with Gasteiger partial charge in [0, 0.05) is 6.54 Å². The number of rotatable bonds is 6. The van der Waals surface area contributed by atoms with Crippen molar-refractivity contribution in [1.82, 2.24) is 9.55 Å².